The van der Waals surface area contributed by atoms with Crippen LogP contribution in [0, 0.1) is 6.92 Å². The number of H-pyrrole nitrogens is 1. The minimum absolute atomic E-state index is 0.0545. The molecule has 0 saturated carbocycles. The highest BCUT2D eigenvalue weighted by atomic mass is 32.1. The molecule has 1 aliphatic rings. The molecule has 2 amide bonds. The van der Waals surface area contributed by atoms with Crippen molar-refractivity contribution in [2.24, 2.45) is 0 Å². The van der Waals surface area contributed by atoms with Crippen LogP contribution >= 0.6 is 11.3 Å². The van der Waals surface area contributed by atoms with Crippen LogP contribution in [0.2, 0.25) is 0 Å². The van der Waals surface area contributed by atoms with Crippen LogP contribution < -0.4 is 10.6 Å². The number of nitrogens with one attached hydrogen (secondary N) is 3. The number of anilines is 3. The van der Waals surface area contributed by atoms with Gasteiger partial charge in [0, 0.05) is 43.8 Å². The van der Waals surface area contributed by atoms with E-state index in [0.29, 0.717) is 15.8 Å². The molecule has 176 valence electrons. The maximum atomic E-state index is 12.8. The van der Waals surface area contributed by atoms with Crippen LogP contribution in [-0.2, 0) is 11.3 Å². The number of aromatic amines is 1. The summed E-state index contributed by atoms with van der Waals surface area (Å²) in [7, 11) is 2.06. The summed E-state index contributed by atoms with van der Waals surface area (Å²) >= 11 is 1.23. The zero-order chi connectivity index (χ0) is 23.7. The van der Waals surface area contributed by atoms with Crippen molar-refractivity contribution >= 4 is 50.7 Å². The fourth-order valence-corrected chi connectivity index (χ4v) is 4.54. The fraction of sp³-hybridized carbons (Fsp3) is 0.318. The van der Waals surface area contributed by atoms with Gasteiger partial charge < -0.3 is 20.4 Å². The van der Waals surface area contributed by atoms with Crippen molar-refractivity contribution in [3.63, 3.8) is 0 Å². The molecule has 4 aromatic rings. The molecule has 1 fully saturated rings. The van der Waals surface area contributed by atoms with E-state index in [1.807, 2.05) is 24.0 Å². The average Bonchev–Trinajstić information content (AvgIpc) is 3.58. The number of carbonyl (C=O) groups is 2. The van der Waals surface area contributed by atoms with E-state index in [1.54, 1.807) is 23.1 Å². The molecule has 1 aliphatic heterocycles. The number of amides is 2. The Morgan fingerprint density at radius 3 is 2.79 bits per heavy atom. The zero-order valence-corrected chi connectivity index (χ0v) is 19.7. The number of aryl methyl sites for hydroxylation is 1. The highest BCUT2D eigenvalue weighted by Gasteiger charge is 2.20. The van der Waals surface area contributed by atoms with Crippen molar-refractivity contribution in [3.05, 3.63) is 47.2 Å². The smallest absolute Gasteiger partial charge is 0.267 e. The lowest BCUT2D eigenvalue weighted by atomic mass is 10.1. The quantitative estimate of drug-likeness (QED) is 0.388. The van der Waals surface area contributed by atoms with Gasteiger partial charge in [0.15, 0.2) is 10.9 Å². The summed E-state index contributed by atoms with van der Waals surface area (Å²) in [6.45, 7) is 5.37. The number of rotatable bonds is 6. The van der Waals surface area contributed by atoms with Crippen molar-refractivity contribution in [2.45, 2.75) is 13.5 Å². The summed E-state index contributed by atoms with van der Waals surface area (Å²) in [6, 6.07) is 5.64. The number of fused-ring (bicyclic) bond motifs is 1. The second kappa shape index (κ2) is 9.23. The first-order chi connectivity index (χ1) is 16.5. The van der Waals surface area contributed by atoms with Gasteiger partial charge in [0.25, 0.3) is 5.91 Å². The molecule has 12 heteroatoms. The van der Waals surface area contributed by atoms with Crippen molar-refractivity contribution in [3.8, 4) is 0 Å². The highest BCUT2D eigenvalue weighted by Crippen LogP contribution is 2.28. The third-order valence-electron chi connectivity index (χ3n) is 5.83. The van der Waals surface area contributed by atoms with Crippen LogP contribution in [0.25, 0.3) is 10.9 Å². The van der Waals surface area contributed by atoms with Crippen LogP contribution in [0.1, 0.15) is 15.2 Å². The number of likely N-dealkylation sites (N-methyl/N-ethyl adjacent to an activating group) is 1. The standard InChI is InChI=1S/C22H25N9O2S/c1-14-3-4-16-15(11-24-27-16)20(14)26-21(33)17-12-23-22(34-17)25-18-5-6-31(28-18)13-19(32)30-9-7-29(2)8-10-30/h3-6,11-12H,7-10,13H2,1-2H3,(H,24,27)(H,26,33)(H,23,25,28). The van der Waals surface area contributed by atoms with Gasteiger partial charge in [-0.3, -0.25) is 19.4 Å². The van der Waals surface area contributed by atoms with Gasteiger partial charge >= 0.3 is 0 Å². The first-order valence-corrected chi connectivity index (χ1v) is 11.7. The SMILES string of the molecule is Cc1ccc2[nH]ncc2c1NC(=O)c1cnc(Nc2ccn(CC(=O)N3CCN(C)CC3)n2)s1. The largest absolute Gasteiger partial charge is 0.339 e. The lowest BCUT2D eigenvalue weighted by Crippen LogP contribution is -2.48. The molecule has 4 heterocycles. The molecule has 0 atom stereocenters. The molecular weight excluding hydrogens is 454 g/mol. The maximum absolute atomic E-state index is 12.8. The molecule has 0 bridgehead atoms. The lowest BCUT2D eigenvalue weighted by molar-refractivity contribution is -0.133. The molecule has 1 saturated heterocycles. The Balaban J connectivity index is 1.20. The molecule has 0 aliphatic carbocycles. The van der Waals surface area contributed by atoms with Crippen LogP contribution in [0.5, 0.6) is 0 Å². The van der Waals surface area contributed by atoms with E-state index < -0.39 is 0 Å². The molecule has 0 radical (unpaired) electrons. The summed E-state index contributed by atoms with van der Waals surface area (Å²) < 4.78 is 1.61. The van der Waals surface area contributed by atoms with E-state index >= 15 is 0 Å². The van der Waals surface area contributed by atoms with E-state index in [1.165, 1.54) is 17.5 Å². The lowest BCUT2D eigenvalue weighted by Gasteiger charge is -2.32. The molecule has 0 unspecified atom stereocenters. The van der Waals surface area contributed by atoms with Gasteiger partial charge in [-0.2, -0.15) is 10.2 Å². The molecule has 0 spiro atoms. The number of hydrogen-bond donors (Lipinski definition) is 3. The van der Waals surface area contributed by atoms with Crippen LogP contribution in [0.4, 0.5) is 16.6 Å². The summed E-state index contributed by atoms with van der Waals surface area (Å²) in [5, 5.41) is 18.9. The topological polar surface area (TPSA) is 124 Å². The van der Waals surface area contributed by atoms with Gasteiger partial charge in [-0.25, -0.2) is 4.98 Å². The molecule has 3 N–H and O–H groups in total. The summed E-state index contributed by atoms with van der Waals surface area (Å²) in [6.07, 6.45) is 4.98. The monoisotopic (exact) mass is 479 g/mol. The Kier molecular flexibility index (Phi) is 5.99. The number of benzene rings is 1. The van der Waals surface area contributed by atoms with Gasteiger partial charge in [0.05, 0.1) is 23.6 Å². The molecular formula is C22H25N9O2S. The first kappa shape index (κ1) is 22.0. The Labute approximate surface area is 199 Å². The van der Waals surface area contributed by atoms with Crippen LogP contribution in [0.3, 0.4) is 0 Å². The highest BCUT2D eigenvalue weighted by molar-refractivity contribution is 7.17. The second-order valence-corrected chi connectivity index (χ2v) is 9.31. The normalized spacial score (nSPS) is 14.5. The second-order valence-electron chi connectivity index (χ2n) is 8.28. The van der Waals surface area contributed by atoms with E-state index in [0.717, 1.165) is 48.3 Å². The van der Waals surface area contributed by atoms with Gasteiger partial charge in [-0.05, 0) is 25.6 Å². The Morgan fingerprint density at radius 2 is 1.97 bits per heavy atom. The number of nitrogens with zero attached hydrogens (tertiary/aromatic N) is 6. The van der Waals surface area contributed by atoms with E-state index in [9.17, 15) is 9.59 Å². The third-order valence-corrected chi connectivity index (χ3v) is 6.74. The molecule has 1 aromatic carbocycles. The Hall–Kier alpha value is -3.77. The average molecular weight is 480 g/mol. The molecule has 3 aromatic heterocycles. The van der Waals surface area contributed by atoms with Gasteiger partial charge in [0.1, 0.15) is 11.4 Å². The van der Waals surface area contributed by atoms with Gasteiger partial charge in [0.2, 0.25) is 5.91 Å². The Morgan fingerprint density at radius 1 is 1.15 bits per heavy atom. The van der Waals surface area contributed by atoms with Crippen molar-refractivity contribution in [2.75, 3.05) is 43.9 Å². The minimum Gasteiger partial charge on any atom is -0.339 e. The minimum atomic E-state index is -0.245. The predicted octanol–water partition coefficient (Wildman–Crippen LogP) is 2.29. The number of hydrogen-bond acceptors (Lipinski definition) is 8. The number of thiazole rings is 1. The van der Waals surface area contributed by atoms with Gasteiger partial charge in [-0.15, -0.1) is 0 Å². The predicted molar refractivity (Wildman–Crippen MR) is 130 cm³/mol. The Bertz CT molecular complexity index is 1330. The van der Waals surface area contributed by atoms with Crippen molar-refractivity contribution < 1.29 is 9.59 Å². The van der Waals surface area contributed by atoms with E-state index in [4.69, 9.17) is 0 Å². The van der Waals surface area contributed by atoms with Gasteiger partial charge in [-0.1, -0.05) is 17.4 Å². The van der Waals surface area contributed by atoms with E-state index in [2.05, 4.69) is 42.9 Å². The number of aromatic nitrogens is 5. The van der Waals surface area contributed by atoms with Crippen LogP contribution in [0.15, 0.2) is 36.8 Å². The summed E-state index contributed by atoms with van der Waals surface area (Å²) in [5.41, 5.74) is 2.53. The number of piperazine rings is 1. The zero-order valence-electron chi connectivity index (χ0n) is 18.9. The maximum Gasteiger partial charge on any atom is 0.267 e. The molecule has 11 nitrogen and oxygen atoms in total. The summed E-state index contributed by atoms with van der Waals surface area (Å²) in [4.78, 5) is 34.2. The number of carbonyl (C=O) groups excluding carboxylic acids is 2. The van der Waals surface area contributed by atoms with E-state index in [-0.39, 0.29) is 18.4 Å². The van der Waals surface area contributed by atoms with Crippen LogP contribution in [-0.4, -0.2) is 79.8 Å². The molecule has 5 rings (SSSR count). The summed E-state index contributed by atoms with van der Waals surface area (Å²) in [5.74, 6) is 0.371. The third kappa shape index (κ3) is 4.63. The fourth-order valence-electron chi connectivity index (χ4n) is 3.82. The van der Waals surface area contributed by atoms with Crippen molar-refractivity contribution in [1.82, 2.24) is 34.8 Å². The molecule has 34 heavy (non-hydrogen) atoms. The van der Waals surface area contributed by atoms with Crippen molar-refractivity contribution in [1.29, 1.82) is 0 Å². The first-order valence-electron chi connectivity index (χ1n) is 10.9.